The van der Waals surface area contributed by atoms with Gasteiger partial charge in [-0.05, 0) is 59.5 Å². The third kappa shape index (κ3) is 3.65. The summed E-state index contributed by atoms with van der Waals surface area (Å²) in [4.78, 5) is 0. The number of nitrogens with one attached hydrogen (secondary N) is 1. The molecule has 17 heavy (non-hydrogen) atoms. The highest BCUT2D eigenvalue weighted by Gasteiger charge is 1.99. The summed E-state index contributed by atoms with van der Waals surface area (Å²) in [5.41, 5.74) is 3.06. The molecule has 1 N–H and O–H groups in total. The molecule has 0 amide bonds. The Morgan fingerprint density at radius 2 is 2.12 bits per heavy atom. The predicted octanol–water partition coefficient (Wildman–Crippen LogP) is 3.53. The summed E-state index contributed by atoms with van der Waals surface area (Å²) in [7, 11) is 0. The van der Waals surface area contributed by atoms with Crippen molar-refractivity contribution in [2.24, 2.45) is 0 Å². The first-order chi connectivity index (χ1) is 8.25. The van der Waals surface area contributed by atoms with Crippen molar-refractivity contribution in [1.82, 2.24) is 5.32 Å². The monoisotopic (exact) mass is 249 g/mol. The molecule has 0 radical (unpaired) electrons. The van der Waals surface area contributed by atoms with Gasteiger partial charge in [0, 0.05) is 6.54 Å². The van der Waals surface area contributed by atoms with E-state index in [0.29, 0.717) is 5.56 Å². The molecule has 2 rings (SSSR count). The molecule has 0 atom stereocenters. The van der Waals surface area contributed by atoms with Gasteiger partial charge < -0.3 is 5.32 Å². The Morgan fingerprint density at radius 1 is 1.24 bits per heavy atom. The van der Waals surface area contributed by atoms with Crippen molar-refractivity contribution in [3.63, 3.8) is 0 Å². The number of hydrogen-bond acceptors (Lipinski definition) is 2. The molecular formula is C14H16FNS. The van der Waals surface area contributed by atoms with E-state index in [1.165, 1.54) is 5.56 Å². The molecule has 0 saturated heterocycles. The summed E-state index contributed by atoms with van der Waals surface area (Å²) < 4.78 is 13.3. The van der Waals surface area contributed by atoms with Gasteiger partial charge in [0.25, 0.3) is 0 Å². The van der Waals surface area contributed by atoms with E-state index in [1.54, 1.807) is 24.3 Å². The van der Waals surface area contributed by atoms with Crippen molar-refractivity contribution in [1.29, 1.82) is 0 Å². The molecule has 3 heteroatoms. The van der Waals surface area contributed by atoms with Crippen LogP contribution in [-0.4, -0.2) is 6.54 Å². The van der Waals surface area contributed by atoms with Gasteiger partial charge in [0.1, 0.15) is 5.82 Å². The molecule has 1 nitrogen and oxygen atoms in total. The van der Waals surface area contributed by atoms with Crippen molar-refractivity contribution < 1.29 is 4.39 Å². The van der Waals surface area contributed by atoms with E-state index in [2.05, 4.69) is 22.1 Å². The summed E-state index contributed by atoms with van der Waals surface area (Å²) in [6.07, 6.45) is 1.03. The van der Waals surface area contributed by atoms with Crippen molar-refractivity contribution in [2.75, 3.05) is 6.54 Å². The van der Waals surface area contributed by atoms with Gasteiger partial charge in [0.05, 0.1) is 0 Å². The Labute approximate surface area is 105 Å². The Balaban J connectivity index is 1.76. The third-order valence-corrected chi connectivity index (χ3v) is 3.47. The van der Waals surface area contributed by atoms with Crippen LogP contribution < -0.4 is 5.32 Å². The van der Waals surface area contributed by atoms with Gasteiger partial charge in [-0.25, -0.2) is 4.39 Å². The number of aryl methyl sites for hydroxylation is 1. The lowest BCUT2D eigenvalue weighted by atomic mass is 10.1. The molecule has 1 aromatic carbocycles. The maximum Gasteiger partial charge on any atom is 0.126 e. The van der Waals surface area contributed by atoms with Gasteiger partial charge in [-0.15, -0.1) is 0 Å². The first-order valence-electron chi connectivity index (χ1n) is 5.72. The molecule has 0 unspecified atom stereocenters. The molecule has 2 aromatic rings. The molecule has 0 spiro atoms. The molecule has 1 aromatic heterocycles. The van der Waals surface area contributed by atoms with Crippen molar-refractivity contribution in [3.8, 4) is 0 Å². The maximum atomic E-state index is 13.3. The maximum absolute atomic E-state index is 13.3. The van der Waals surface area contributed by atoms with Crippen LogP contribution in [0.1, 0.15) is 16.7 Å². The van der Waals surface area contributed by atoms with Crippen LogP contribution in [0, 0.1) is 12.7 Å². The second-order valence-corrected chi connectivity index (χ2v) is 4.92. The van der Waals surface area contributed by atoms with E-state index >= 15 is 0 Å². The molecule has 1 heterocycles. The van der Waals surface area contributed by atoms with Crippen molar-refractivity contribution in [2.45, 2.75) is 19.9 Å². The van der Waals surface area contributed by atoms with Crippen molar-refractivity contribution >= 4 is 11.3 Å². The highest BCUT2D eigenvalue weighted by molar-refractivity contribution is 7.07. The Bertz CT molecular complexity index is 465. The highest BCUT2D eigenvalue weighted by atomic mass is 32.1. The fraction of sp³-hybridized carbons (Fsp3) is 0.286. The summed E-state index contributed by atoms with van der Waals surface area (Å²) in [6.45, 7) is 3.43. The fourth-order valence-corrected chi connectivity index (χ4v) is 2.35. The first kappa shape index (κ1) is 12.3. The smallest absolute Gasteiger partial charge is 0.126 e. The lowest BCUT2D eigenvalue weighted by Gasteiger charge is -2.05. The zero-order valence-corrected chi connectivity index (χ0v) is 10.7. The van der Waals surface area contributed by atoms with E-state index < -0.39 is 0 Å². The summed E-state index contributed by atoms with van der Waals surface area (Å²) in [5.74, 6) is -0.123. The molecule has 0 aliphatic rings. The highest BCUT2D eigenvalue weighted by Crippen LogP contribution is 2.09. The van der Waals surface area contributed by atoms with Crippen LogP contribution in [0.5, 0.6) is 0 Å². The summed E-state index contributed by atoms with van der Waals surface area (Å²) >= 11 is 1.72. The standard InChI is InChI=1S/C14H16FNS/c1-11-2-3-13(8-14(11)15)9-16-6-4-12-5-7-17-10-12/h2-3,5,7-8,10,16H,4,6,9H2,1H3. The zero-order chi connectivity index (χ0) is 12.1. The quantitative estimate of drug-likeness (QED) is 0.799. The van der Waals surface area contributed by atoms with Crippen LogP contribution in [0.2, 0.25) is 0 Å². The van der Waals surface area contributed by atoms with Gasteiger partial charge in [0.2, 0.25) is 0 Å². The van der Waals surface area contributed by atoms with E-state index in [-0.39, 0.29) is 5.82 Å². The normalized spacial score (nSPS) is 10.7. The summed E-state index contributed by atoms with van der Waals surface area (Å²) in [6, 6.07) is 7.53. The number of halogens is 1. The third-order valence-electron chi connectivity index (χ3n) is 2.74. The minimum Gasteiger partial charge on any atom is -0.312 e. The SMILES string of the molecule is Cc1ccc(CNCCc2ccsc2)cc1F. The average molecular weight is 249 g/mol. The second kappa shape index (κ2) is 5.94. The van der Waals surface area contributed by atoms with E-state index in [0.717, 1.165) is 25.1 Å². The fourth-order valence-electron chi connectivity index (χ4n) is 1.65. The number of thiophene rings is 1. The van der Waals surface area contributed by atoms with Crippen LogP contribution in [0.4, 0.5) is 4.39 Å². The minimum atomic E-state index is -0.123. The largest absolute Gasteiger partial charge is 0.312 e. The molecule has 0 fully saturated rings. The molecule has 0 bridgehead atoms. The minimum absolute atomic E-state index is 0.123. The average Bonchev–Trinajstić information content (AvgIpc) is 2.82. The van der Waals surface area contributed by atoms with Crippen LogP contribution in [0.25, 0.3) is 0 Å². The zero-order valence-electron chi connectivity index (χ0n) is 9.87. The van der Waals surface area contributed by atoms with Crippen LogP contribution in [-0.2, 0) is 13.0 Å². The van der Waals surface area contributed by atoms with Crippen LogP contribution in [0.3, 0.4) is 0 Å². The van der Waals surface area contributed by atoms with Gasteiger partial charge in [-0.1, -0.05) is 12.1 Å². The van der Waals surface area contributed by atoms with Crippen molar-refractivity contribution in [3.05, 3.63) is 57.5 Å². The topological polar surface area (TPSA) is 12.0 Å². The lowest BCUT2D eigenvalue weighted by Crippen LogP contribution is -2.16. The van der Waals surface area contributed by atoms with Gasteiger partial charge in [-0.2, -0.15) is 11.3 Å². The molecule has 0 aliphatic heterocycles. The van der Waals surface area contributed by atoms with E-state index in [4.69, 9.17) is 0 Å². The second-order valence-electron chi connectivity index (χ2n) is 4.14. The molecule has 0 saturated carbocycles. The van der Waals surface area contributed by atoms with E-state index in [1.807, 2.05) is 12.1 Å². The van der Waals surface area contributed by atoms with E-state index in [9.17, 15) is 4.39 Å². The van der Waals surface area contributed by atoms with Gasteiger partial charge in [0.15, 0.2) is 0 Å². The number of hydrogen-bond donors (Lipinski definition) is 1. The number of benzene rings is 1. The molecular weight excluding hydrogens is 233 g/mol. The summed E-state index contributed by atoms with van der Waals surface area (Å²) in [5, 5.41) is 7.57. The van der Waals surface area contributed by atoms with Crippen LogP contribution in [0.15, 0.2) is 35.0 Å². The Kier molecular flexibility index (Phi) is 4.29. The van der Waals surface area contributed by atoms with Gasteiger partial charge in [-0.3, -0.25) is 0 Å². The molecule has 90 valence electrons. The first-order valence-corrected chi connectivity index (χ1v) is 6.67. The Morgan fingerprint density at radius 3 is 2.82 bits per heavy atom. The van der Waals surface area contributed by atoms with Crippen LogP contribution >= 0.6 is 11.3 Å². The van der Waals surface area contributed by atoms with Gasteiger partial charge >= 0.3 is 0 Å². The molecule has 0 aliphatic carbocycles. The number of rotatable bonds is 5. The predicted molar refractivity (Wildman–Crippen MR) is 70.9 cm³/mol. The Hall–Kier alpha value is -1.19. The lowest BCUT2D eigenvalue weighted by molar-refractivity contribution is 0.611.